The van der Waals surface area contributed by atoms with Crippen LogP contribution in [0.1, 0.15) is 24.1 Å². The molecular formula is C15H15Cl2NOS. The molecule has 0 aliphatic carbocycles. The van der Waals surface area contributed by atoms with Gasteiger partial charge >= 0.3 is 0 Å². The highest BCUT2D eigenvalue weighted by Crippen LogP contribution is 2.35. The van der Waals surface area contributed by atoms with Crippen LogP contribution >= 0.6 is 34.5 Å². The Morgan fingerprint density at radius 1 is 1.40 bits per heavy atom. The SMILES string of the molecule is CC(NCC1Cc2ccccc2O1)c1cc(Cl)sc1Cl. The lowest BCUT2D eigenvalue weighted by atomic mass is 10.1. The molecule has 20 heavy (non-hydrogen) atoms. The molecule has 0 radical (unpaired) electrons. The molecule has 1 aromatic heterocycles. The highest BCUT2D eigenvalue weighted by Gasteiger charge is 2.23. The van der Waals surface area contributed by atoms with Gasteiger partial charge in [0.1, 0.15) is 11.9 Å². The molecule has 0 fully saturated rings. The van der Waals surface area contributed by atoms with E-state index in [0.29, 0.717) is 0 Å². The van der Waals surface area contributed by atoms with Crippen molar-refractivity contribution < 1.29 is 4.74 Å². The maximum absolute atomic E-state index is 6.17. The summed E-state index contributed by atoms with van der Waals surface area (Å²) in [5.74, 6) is 1.00. The van der Waals surface area contributed by atoms with E-state index in [1.54, 1.807) is 0 Å². The lowest BCUT2D eigenvalue weighted by Crippen LogP contribution is -2.31. The molecule has 3 rings (SSSR count). The lowest BCUT2D eigenvalue weighted by Gasteiger charge is -2.17. The minimum absolute atomic E-state index is 0.165. The Morgan fingerprint density at radius 2 is 2.20 bits per heavy atom. The molecule has 1 N–H and O–H groups in total. The monoisotopic (exact) mass is 327 g/mol. The smallest absolute Gasteiger partial charge is 0.123 e. The fourth-order valence-electron chi connectivity index (χ4n) is 2.43. The molecule has 0 saturated carbocycles. The van der Waals surface area contributed by atoms with Gasteiger partial charge in [0.25, 0.3) is 0 Å². The first-order chi connectivity index (χ1) is 9.63. The van der Waals surface area contributed by atoms with Crippen LogP contribution in [-0.2, 0) is 6.42 Å². The summed E-state index contributed by atoms with van der Waals surface area (Å²) in [5.41, 5.74) is 2.33. The Morgan fingerprint density at radius 3 is 2.90 bits per heavy atom. The molecule has 2 nitrogen and oxygen atoms in total. The van der Waals surface area contributed by atoms with Gasteiger partial charge in [0, 0.05) is 19.0 Å². The standard InChI is InChI=1S/C15H15Cl2NOS/c1-9(12-7-14(16)20-15(12)17)18-8-11-6-10-4-2-3-5-13(10)19-11/h2-5,7,9,11,18H,6,8H2,1H3. The molecule has 0 bridgehead atoms. The summed E-state index contributed by atoms with van der Waals surface area (Å²) in [6, 6.07) is 10.3. The molecule has 5 heteroatoms. The number of benzene rings is 1. The number of rotatable bonds is 4. The second-order valence-electron chi connectivity index (χ2n) is 4.96. The summed E-state index contributed by atoms with van der Waals surface area (Å²) in [5, 5.41) is 3.47. The molecule has 2 heterocycles. The topological polar surface area (TPSA) is 21.3 Å². The van der Waals surface area contributed by atoms with Crippen molar-refractivity contribution in [3.8, 4) is 5.75 Å². The summed E-state index contributed by atoms with van der Waals surface area (Å²) >= 11 is 13.6. The molecule has 1 aromatic carbocycles. The van der Waals surface area contributed by atoms with Crippen LogP contribution in [0.4, 0.5) is 0 Å². The Balaban J connectivity index is 1.57. The minimum Gasteiger partial charge on any atom is -0.488 e. The maximum atomic E-state index is 6.17. The molecule has 1 aliphatic rings. The molecule has 2 unspecified atom stereocenters. The minimum atomic E-state index is 0.165. The van der Waals surface area contributed by atoms with Crippen molar-refractivity contribution in [3.63, 3.8) is 0 Å². The Bertz CT molecular complexity index is 589. The number of nitrogens with one attached hydrogen (secondary N) is 1. The predicted molar refractivity (Wildman–Crippen MR) is 85.3 cm³/mol. The van der Waals surface area contributed by atoms with E-state index in [-0.39, 0.29) is 12.1 Å². The number of fused-ring (bicyclic) bond motifs is 1. The third-order valence-corrected chi connectivity index (χ3v) is 5.03. The second-order valence-corrected chi connectivity index (χ2v) is 7.25. The van der Waals surface area contributed by atoms with Crippen LogP contribution in [-0.4, -0.2) is 12.6 Å². The van der Waals surface area contributed by atoms with Crippen LogP contribution in [0.2, 0.25) is 8.67 Å². The van der Waals surface area contributed by atoms with Gasteiger partial charge in [-0.1, -0.05) is 41.4 Å². The Hall–Kier alpha value is -0.740. The number of halogens is 2. The van der Waals surface area contributed by atoms with E-state index >= 15 is 0 Å². The first-order valence-electron chi connectivity index (χ1n) is 6.56. The average molecular weight is 328 g/mol. The van der Waals surface area contributed by atoms with Gasteiger partial charge in [0.15, 0.2) is 0 Å². The van der Waals surface area contributed by atoms with Gasteiger partial charge < -0.3 is 10.1 Å². The zero-order valence-electron chi connectivity index (χ0n) is 11.0. The molecular weight excluding hydrogens is 313 g/mol. The van der Waals surface area contributed by atoms with Crippen LogP contribution in [0.3, 0.4) is 0 Å². The van der Waals surface area contributed by atoms with Crippen LogP contribution in [0, 0.1) is 0 Å². The van der Waals surface area contributed by atoms with Crippen LogP contribution < -0.4 is 10.1 Å². The Kier molecular flexibility index (Phi) is 4.22. The molecule has 106 valence electrons. The molecule has 0 saturated heterocycles. The third-order valence-electron chi connectivity index (χ3n) is 3.52. The van der Waals surface area contributed by atoms with Crippen molar-refractivity contribution in [2.45, 2.75) is 25.5 Å². The molecule has 0 spiro atoms. The number of ether oxygens (including phenoxy) is 1. The van der Waals surface area contributed by atoms with E-state index in [1.165, 1.54) is 16.9 Å². The van der Waals surface area contributed by atoms with Crippen molar-refractivity contribution in [2.24, 2.45) is 0 Å². The first kappa shape index (κ1) is 14.2. The summed E-state index contributed by atoms with van der Waals surface area (Å²) in [7, 11) is 0. The van der Waals surface area contributed by atoms with Gasteiger partial charge in [0.05, 0.1) is 8.67 Å². The van der Waals surface area contributed by atoms with Crippen molar-refractivity contribution in [3.05, 3.63) is 50.1 Å². The number of hydrogen-bond donors (Lipinski definition) is 1. The molecule has 2 aromatic rings. The van der Waals surface area contributed by atoms with Gasteiger partial charge in [-0.05, 0) is 30.2 Å². The lowest BCUT2D eigenvalue weighted by molar-refractivity contribution is 0.223. The number of para-hydroxylation sites is 1. The summed E-state index contributed by atoms with van der Waals surface area (Å²) in [6.45, 7) is 2.88. The molecule has 0 amide bonds. The van der Waals surface area contributed by atoms with E-state index in [1.807, 2.05) is 24.3 Å². The van der Waals surface area contributed by atoms with Crippen LogP contribution in [0.25, 0.3) is 0 Å². The molecule has 1 aliphatic heterocycles. The van der Waals surface area contributed by atoms with E-state index < -0.39 is 0 Å². The van der Waals surface area contributed by atoms with E-state index in [2.05, 4.69) is 18.3 Å². The van der Waals surface area contributed by atoms with Crippen molar-refractivity contribution in [1.82, 2.24) is 5.32 Å². The maximum Gasteiger partial charge on any atom is 0.123 e. The Labute approximate surface area is 132 Å². The molecule has 2 atom stereocenters. The highest BCUT2D eigenvalue weighted by molar-refractivity contribution is 7.20. The number of hydrogen-bond acceptors (Lipinski definition) is 3. The van der Waals surface area contributed by atoms with Crippen LogP contribution in [0.15, 0.2) is 30.3 Å². The normalized spacial score (nSPS) is 18.6. The third kappa shape index (κ3) is 2.96. The fraction of sp³-hybridized carbons (Fsp3) is 0.333. The zero-order chi connectivity index (χ0) is 14.1. The summed E-state index contributed by atoms with van der Waals surface area (Å²) in [6.07, 6.45) is 1.14. The van der Waals surface area contributed by atoms with E-state index in [4.69, 9.17) is 27.9 Å². The van der Waals surface area contributed by atoms with Crippen molar-refractivity contribution in [1.29, 1.82) is 0 Å². The second kappa shape index (κ2) is 5.94. The van der Waals surface area contributed by atoms with Gasteiger partial charge in [-0.3, -0.25) is 0 Å². The first-order valence-corrected chi connectivity index (χ1v) is 8.13. The predicted octanol–water partition coefficient (Wildman–Crippen LogP) is 4.71. The van der Waals surface area contributed by atoms with Gasteiger partial charge in [-0.15, -0.1) is 11.3 Å². The average Bonchev–Trinajstić information content (AvgIpc) is 2.98. The van der Waals surface area contributed by atoms with Crippen LogP contribution in [0.5, 0.6) is 5.75 Å². The van der Waals surface area contributed by atoms with E-state index in [0.717, 1.165) is 33.0 Å². The number of thiophene rings is 1. The van der Waals surface area contributed by atoms with Crippen molar-refractivity contribution >= 4 is 34.5 Å². The van der Waals surface area contributed by atoms with Crippen molar-refractivity contribution in [2.75, 3.05) is 6.54 Å². The van der Waals surface area contributed by atoms with Gasteiger partial charge in [-0.25, -0.2) is 0 Å². The fourth-order valence-corrected chi connectivity index (χ4v) is 4.08. The van der Waals surface area contributed by atoms with E-state index in [9.17, 15) is 0 Å². The largest absolute Gasteiger partial charge is 0.488 e. The zero-order valence-corrected chi connectivity index (χ0v) is 13.4. The summed E-state index contributed by atoms with van der Waals surface area (Å²) < 4.78 is 7.39. The van der Waals surface area contributed by atoms with Gasteiger partial charge in [0.2, 0.25) is 0 Å². The summed E-state index contributed by atoms with van der Waals surface area (Å²) in [4.78, 5) is 0. The highest BCUT2D eigenvalue weighted by atomic mass is 35.5. The quantitative estimate of drug-likeness (QED) is 0.878. The van der Waals surface area contributed by atoms with Gasteiger partial charge in [-0.2, -0.15) is 0 Å².